The SMILES string of the molecule is CC1SCCN(c2ccc(CBr)c(C(F)(F)F)c2)C1C. The van der Waals surface area contributed by atoms with Crippen LogP contribution in [-0.2, 0) is 11.5 Å². The minimum absolute atomic E-state index is 0.212. The molecule has 6 heteroatoms. The molecule has 0 N–H and O–H groups in total. The minimum Gasteiger partial charge on any atom is -0.367 e. The summed E-state index contributed by atoms with van der Waals surface area (Å²) in [6.07, 6.45) is -4.31. The molecule has 0 saturated carbocycles. The summed E-state index contributed by atoms with van der Waals surface area (Å²) < 4.78 is 39.3. The summed E-state index contributed by atoms with van der Waals surface area (Å²) in [6.45, 7) is 4.99. The zero-order valence-electron chi connectivity index (χ0n) is 11.4. The van der Waals surface area contributed by atoms with Crippen LogP contribution in [0.15, 0.2) is 18.2 Å². The van der Waals surface area contributed by atoms with Crippen LogP contribution in [0.4, 0.5) is 18.9 Å². The Labute approximate surface area is 130 Å². The van der Waals surface area contributed by atoms with Gasteiger partial charge in [0.15, 0.2) is 0 Å². The van der Waals surface area contributed by atoms with E-state index in [1.807, 2.05) is 11.8 Å². The van der Waals surface area contributed by atoms with Crippen molar-refractivity contribution in [3.05, 3.63) is 29.3 Å². The number of rotatable bonds is 2. The zero-order chi connectivity index (χ0) is 14.9. The van der Waals surface area contributed by atoms with Crippen LogP contribution in [-0.4, -0.2) is 23.6 Å². The summed E-state index contributed by atoms with van der Waals surface area (Å²) in [5.41, 5.74) is 0.417. The molecule has 0 amide bonds. The molecule has 0 radical (unpaired) electrons. The standard InChI is InChI=1S/C14H17BrF3NS/c1-9-10(2)20-6-5-19(9)12-4-3-11(8-15)13(7-12)14(16,17)18/h3-4,7,9-10H,5-6,8H2,1-2H3. The first-order valence-corrected chi connectivity index (χ1v) is 8.66. The molecule has 1 aromatic carbocycles. The van der Waals surface area contributed by atoms with Crippen molar-refractivity contribution in [1.29, 1.82) is 0 Å². The van der Waals surface area contributed by atoms with Crippen LogP contribution < -0.4 is 4.90 Å². The van der Waals surface area contributed by atoms with Gasteiger partial charge in [-0.25, -0.2) is 0 Å². The van der Waals surface area contributed by atoms with Crippen LogP contribution in [0.3, 0.4) is 0 Å². The second-order valence-corrected chi connectivity index (χ2v) is 7.03. The smallest absolute Gasteiger partial charge is 0.367 e. The number of thioether (sulfide) groups is 1. The van der Waals surface area contributed by atoms with E-state index in [0.717, 1.165) is 12.3 Å². The molecule has 2 rings (SSSR count). The topological polar surface area (TPSA) is 3.24 Å². The largest absolute Gasteiger partial charge is 0.416 e. The third kappa shape index (κ3) is 3.27. The summed E-state index contributed by atoms with van der Waals surface area (Å²) in [6, 6.07) is 4.90. The summed E-state index contributed by atoms with van der Waals surface area (Å²) >= 11 is 5.00. The molecule has 0 bridgehead atoms. The highest BCUT2D eigenvalue weighted by atomic mass is 79.9. The van der Waals surface area contributed by atoms with Gasteiger partial charge in [-0.2, -0.15) is 24.9 Å². The van der Waals surface area contributed by atoms with Crippen molar-refractivity contribution in [2.45, 2.75) is 36.6 Å². The Morgan fingerprint density at radius 2 is 2.05 bits per heavy atom. The lowest BCUT2D eigenvalue weighted by atomic mass is 10.1. The van der Waals surface area contributed by atoms with Gasteiger partial charge in [0.1, 0.15) is 0 Å². The number of nitrogens with zero attached hydrogens (tertiary/aromatic N) is 1. The molecule has 112 valence electrons. The minimum atomic E-state index is -4.31. The van der Waals surface area contributed by atoms with E-state index >= 15 is 0 Å². The molecule has 1 nitrogen and oxygen atoms in total. The molecule has 2 atom stereocenters. The van der Waals surface area contributed by atoms with Gasteiger partial charge in [0.2, 0.25) is 0 Å². The van der Waals surface area contributed by atoms with Crippen molar-refractivity contribution in [3.8, 4) is 0 Å². The summed E-state index contributed by atoms with van der Waals surface area (Å²) in [7, 11) is 0. The highest BCUT2D eigenvalue weighted by molar-refractivity contribution is 9.08. The normalized spacial score (nSPS) is 24.0. The summed E-state index contributed by atoms with van der Waals surface area (Å²) in [5, 5.41) is 0.637. The van der Waals surface area contributed by atoms with Crippen LogP contribution in [0.25, 0.3) is 0 Å². The maximum atomic E-state index is 13.1. The van der Waals surface area contributed by atoms with E-state index < -0.39 is 11.7 Å². The highest BCUT2D eigenvalue weighted by Gasteiger charge is 2.34. The van der Waals surface area contributed by atoms with Gasteiger partial charge in [-0.3, -0.25) is 0 Å². The van der Waals surface area contributed by atoms with Gasteiger partial charge < -0.3 is 4.90 Å². The van der Waals surface area contributed by atoms with Crippen molar-refractivity contribution >= 4 is 33.4 Å². The number of hydrogen-bond acceptors (Lipinski definition) is 2. The van der Waals surface area contributed by atoms with Gasteiger partial charge in [0, 0.05) is 34.6 Å². The van der Waals surface area contributed by atoms with Crippen LogP contribution in [0.2, 0.25) is 0 Å². The third-order valence-corrected chi connectivity index (χ3v) is 5.70. The maximum Gasteiger partial charge on any atom is 0.416 e. The van der Waals surface area contributed by atoms with E-state index in [0.29, 0.717) is 10.9 Å². The van der Waals surface area contributed by atoms with Crippen molar-refractivity contribution in [1.82, 2.24) is 0 Å². The molecule has 1 fully saturated rings. The van der Waals surface area contributed by atoms with Crippen LogP contribution >= 0.6 is 27.7 Å². The predicted molar refractivity (Wildman–Crippen MR) is 82.8 cm³/mol. The fourth-order valence-electron chi connectivity index (χ4n) is 2.42. The number of anilines is 1. The van der Waals surface area contributed by atoms with Gasteiger partial charge in [-0.1, -0.05) is 28.9 Å². The van der Waals surface area contributed by atoms with E-state index in [1.54, 1.807) is 12.1 Å². The van der Waals surface area contributed by atoms with Gasteiger partial charge in [0.05, 0.1) is 5.56 Å². The lowest BCUT2D eigenvalue weighted by Crippen LogP contribution is -2.44. The Balaban J connectivity index is 2.38. The average Bonchev–Trinajstić information content (AvgIpc) is 2.40. The average molecular weight is 368 g/mol. The fourth-order valence-corrected chi connectivity index (χ4v) is 4.01. The molecule has 1 aromatic rings. The van der Waals surface area contributed by atoms with Gasteiger partial charge >= 0.3 is 6.18 Å². The molecule has 0 aliphatic carbocycles. The lowest BCUT2D eigenvalue weighted by Gasteiger charge is -2.39. The van der Waals surface area contributed by atoms with Crippen molar-refractivity contribution in [2.75, 3.05) is 17.2 Å². The number of benzene rings is 1. The van der Waals surface area contributed by atoms with Gasteiger partial charge in [-0.05, 0) is 24.6 Å². The number of hydrogen-bond donors (Lipinski definition) is 0. The van der Waals surface area contributed by atoms with Gasteiger partial charge in [0.25, 0.3) is 0 Å². The molecule has 0 aromatic heterocycles. The Kier molecular flexibility index (Phi) is 4.95. The fraction of sp³-hybridized carbons (Fsp3) is 0.571. The van der Waals surface area contributed by atoms with Crippen LogP contribution in [0.5, 0.6) is 0 Å². The predicted octanol–water partition coefficient (Wildman–Crippen LogP) is 4.93. The van der Waals surface area contributed by atoms with E-state index in [1.165, 1.54) is 6.07 Å². The molecule has 20 heavy (non-hydrogen) atoms. The van der Waals surface area contributed by atoms with E-state index in [9.17, 15) is 13.2 Å². The molecular weight excluding hydrogens is 351 g/mol. The number of alkyl halides is 4. The Hall–Kier alpha value is -0.360. The Morgan fingerprint density at radius 1 is 1.35 bits per heavy atom. The highest BCUT2D eigenvalue weighted by Crippen LogP contribution is 2.37. The third-order valence-electron chi connectivity index (χ3n) is 3.76. The van der Waals surface area contributed by atoms with E-state index in [4.69, 9.17) is 0 Å². The molecule has 2 unspecified atom stereocenters. The van der Waals surface area contributed by atoms with Gasteiger partial charge in [-0.15, -0.1) is 0 Å². The molecule has 1 aliphatic rings. The quantitative estimate of drug-likeness (QED) is 0.681. The first-order chi connectivity index (χ1) is 9.34. The molecule has 0 spiro atoms. The first-order valence-electron chi connectivity index (χ1n) is 6.49. The van der Waals surface area contributed by atoms with E-state index in [2.05, 4.69) is 34.7 Å². The zero-order valence-corrected chi connectivity index (χ0v) is 13.8. The van der Waals surface area contributed by atoms with E-state index in [-0.39, 0.29) is 16.9 Å². The number of halogens is 4. The van der Waals surface area contributed by atoms with Crippen LogP contribution in [0, 0.1) is 0 Å². The lowest BCUT2D eigenvalue weighted by molar-refractivity contribution is -0.138. The first kappa shape index (κ1) is 16.0. The summed E-state index contributed by atoms with van der Waals surface area (Å²) in [4.78, 5) is 2.08. The molecule has 1 saturated heterocycles. The summed E-state index contributed by atoms with van der Waals surface area (Å²) in [5.74, 6) is 0.951. The van der Waals surface area contributed by atoms with Crippen molar-refractivity contribution < 1.29 is 13.2 Å². The second-order valence-electron chi connectivity index (χ2n) is 4.98. The maximum absolute atomic E-state index is 13.1. The second kappa shape index (κ2) is 6.18. The monoisotopic (exact) mass is 367 g/mol. The molecular formula is C14H17BrF3NS. The van der Waals surface area contributed by atoms with Crippen molar-refractivity contribution in [3.63, 3.8) is 0 Å². The molecule has 1 aliphatic heterocycles. The Morgan fingerprint density at radius 3 is 2.65 bits per heavy atom. The Bertz CT molecular complexity index is 478. The van der Waals surface area contributed by atoms with Crippen LogP contribution in [0.1, 0.15) is 25.0 Å². The van der Waals surface area contributed by atoms with Crippen molar-refractivity contribution in [2.24, 2.45) is 0 Å². The molecule has 1 heterocycles.